The first-order valence-electron chi connectivity index (χ1n) is 7.84. The van der Waals surface area contributed by atoms with Gasteiger partial charge in [0.25, 0.3) is 0 Å². The van der Waals surface area contributed by atoms with E-state index in [4.69, 9.17) is 0 Å². The number of halogens is 3. The highest BCUT2D eigenvalue weighted by molar-refractivity contribution is 5.78. The first kappa shape index (κ1) is 15.1. The van der Waals surface area contributed by atoms with Gasteiger partial charge in [-0.2, -0.15) is 0 Å². The van der Waals surface area contributed by atoms with E-state index < -0.39 is 11.6 Å². The molecule has 1 saturated carbocycles. The van der Waals surface area contributed by atoms with Gasteiger partial charge in [0.1, 0.15) is 17.5 Å². The number of fused-ring (bicyclic) bond motifs is 1. The minimum absolute atomic E-state index is 0.0789. The largest absolute Gasteiger partial charge is 0.353 e. The molecular weight excluding hydrogens is 315 g/mol. The zero-order valence-electron chi connectivity index (χ0n) is 13.1. The molecule has 0 spiro atoms. The van der Waals surface area contributed by atoms with E-state index in [0.29, 0.717) is 11.5 Å². The predicted molar refractivity (Wildman–Crippen MR) is 86.4 cm³/mol. The predicted octanol–water partition coefficient (Wildman–Crippen LogP) is 4.35. The Kier molecular flexibility index (Phi) is 3.48. The summed E-state index contributed by atoms with van der Waals surface area (Å²) in [4.78, 5) is 4.46. The maximum absolute atomic E-state index is 13.8. The van der Waals surface area contributed by atoms with Crippen LogP contribution in [-0.4, -0.2) is 15.6 Å². The van der Waals surface area contributed by atoms with Crippen molar-refractivity contribution in [3.05, 3.63) is 59.4 Å². The van der Waals surface area contributed by atoms with E-state index in [0.717, 1.165) is 29.9 Å². The Bertz CT molecular complexity index is 913. The Labute approximate surface area is 137 Å². The van der Waals surface area contributed by atoms with E-state index in [1.54, 1.807) is 6.07 Å². The lowest BCUT2D eigenvalue weighted by Gasteiger charge is -2.36. The molecule has 0 bridgehead atoms. The lowest BCUT2D eigenvalue weighted by Crippen LogP contribution is -2.35. The Hall–Kier alpha value is -2.50. The van der Waals surface area contributed by atoms with Crippen LogP contribution in [0.4, 0.5) is 19.1 Å². The Morgan fingerprint density at radius 1 is 1.04 bits per heavy atom. The summed E-state index contributed by atoms with van der Waals surface area (Å²) < 4.78 is 41.9. The Balaban J connectivity index is 1.48. The molecule has 0 saturated heterocycles. The summed E-state index contributed by atoms with van der Waals surface area (Å²) in [5, 5.41) is 3.32. The Morgan fingerprint density at radius 3 is 2.50 bits per heavy atom. The van der Waals surface area contributed by atoms with Crippen molar-refractivity contribution in [1.82, 2.24) is 9.55 Å². The number of anilines is 1. The molecule has 1 N–H and O–H groups in total. The zero-order valence-corrected chi connectivity index (χ0v) is 13.1. The van der Waals surface area contributed by atoms with Gasteiger partial charge in [0, 0.05) is 19.2 Å². The van der Waals surface area contributed by atoms with Crippen molar-refractivity contribution in [2.24, 2.45) is 7.05 Å². The number of benzene rings is 2. The summed E-state index contributed by atoms with van der Waals surface area (Å²) in [7, 11) is 1.83. The molecule has 0 unspecified atom stereocenters. The van der Waals surface area contributed by atoms with Gasteiger partial charge in [0.15, 0.2) is 0 Å². The van der Waals surface area contributed by atoms with Crippen LogP contribution in [0.5, 0.6) is 0 Å². The monoisotopic (exact) mass is 331 g/mol. The van der Waals surface area contributed by atoms with Crippen molar-refractivity contribution in [2.45, 2.75) is 24.8 Å². The van der Waals surface area contributed by atoms with E-state index in [-0.39, 0.29) is 17.8 Å². The van der Waals surface area contributed by atoms with E-state index >= 15 is 0 Å². The van der Waals surface area contributed by atoms with Crippen molar-refractivity contribution < 1.29 is 13.2 Å². The van der Waals surface area contributed by atoms with Crippen molar-refractivity contribution in [3.63, 3.8) is 0 Å². The number of rotatable bonds is 3. The molecule has 1 fully saturated rings. The third-order valence-electron chi connectivity index (χ3n) is 4.72. The summed E-state index contributed by atoms with van der Waals surface area (Å²) in [6.45, 7) is 0. The number of aryl methyl sites for hydroxylation is 1. The van der Waals surface area contributed by atoms with Crippen LogP contribution in [-0.2, 0) is 7.05 Å². The molecule has 3 nitrogen and oxygen atoms in total. The van der Waals surface area contributed by atoms with Crippen LogP contribution in [0.1, 0.15) is 24.3 Å². The first-order chi connectivity index (χ1) is 11.5. The quantitative estimate of drug-likeness (QED) is 0.773. The fraction of sp³-hybridized carbons (Fsp3) is 0.278. The van der Waals surface area contributed by atoms with Gasteiger partial charge in [0.05, 0.1) is 11.0 Å². The minimum Gasteiger partial charge on any atom is -0.353 e. The molecule has 124 valence electrons. The standard InChI is InChI=1S/C18H16F3N3/c1-24-17-9-12(20)3-5-16(17)23-18(24)22-13-6-10(7-13)14-4-2-11(19)8-15(14)21/h2-5,8-10,13H,6-7H2,1H3,(H,22,23). The fourth-order valence-electron chi connectivity index (χ4n) is 3.30. The molecule has 24 heavy (non-hydrogen) atoms. The van der Waals surface area contributed by atoms with Gasteiger partial charge in [-0.05, 0) is 48.6 Å². The van der Waals surface area contributed by atoms with Crippen LogP contribution in [0.3, 0.4) is 0 Å². The zero-order chi connectivity index (χ0) is 16.8. The molecule has 0 amide bonds. The van der Waals surface area contributed by atoms with Gasteiger partial charge < -0.3 is 9.88 Å². The molecule has 4 rings (SSSR count). The molecule has 0 radical (unpaired) electrons. The minimum atomic E-state index is -0.558. The van der Waals surface area contributed by atoms with Crippen LogP contribution in [0, 0.1) is 17.5 Å². The average Bonchev–Trinajstić information content (AvgIpc) is 2.80. The van der Waals surface area contributed by atoms with Crippen LogP contribution in [0.15, 0.2) is 36.4 Å². The van der Waals surface area contributed by atoms with E-state index in [2.05, 4.69) is 10.3 Å². The second kappa shape index (κ2) is 5.54. The first-order valence-corrected chi connectivity index (χ1v) is 7.84. The smallest absolute Gasteiger partial charge is 0.203 e. The van der Waals surface area contributed by atoms with Gasteiger partial charge >= 0.3 is 0 Å². The van der Waals surface area contributed by atoms with Crippen molar-refractivity contribution in [1.29, 1.82) is 0 Å². The Morgan fingerprint density at radius 2 is 1.75 bits per heavy atom. The van der Waals surface area contributed by atoms with Gasteiger partial charge in [-0.25, -0.2) is 18.2 Å². The maximum Gasteiger partial charge on any atom is 0.203 e. The normalized spacial score (nSPS) is 20.2. The van der Waals surface area contributed by atoms with Crippen molar-refractivity contribution >= 4 is 17.0 Å². The summed E-state index contributed by atoms with van der Waals surface area (Å²) >= 11 is 0. The third-order valence-corrected chi connectivity index (χ3v) is 4.72. The van der Waals surface area contributed by atoms with Crippen LogP contribution in [0.2, 0.25) is 0 Å². The molecule has 6 heteroatoms. The summed E-state index contributed by atoms with van der Waals surface area (Å²) in [5.41, 5.74) is 2.00. The summed E-state index contributed by atoms with van der Waals surface area (Å²) in [6.07, 6.45) is 1.50. The molecule has 1 aliphatic carbocycles. The molecule has 1 aromatic heterocycles. The van der Waals surface area contributed by atoms with Crippen molar-refractivity contribution in [3.8, 4) is 0 Å². The number of hydrogen-bond acceptors (Lipinski definition) is 2. The number of hydrogen-bond donors (Lipinski definition) is 1. The molecule has 3 aromatic rings. The number of imidazole rings is 1. The average molecular weight is 331 g/mol. The topological polar surface area (TPSA) is 29.9 Å². The lowest BCUT2D eigenvalue weighted by atomic mass is 9.75. The SMILES string of the molecule is Cn1c(NC2CC(c3ccc(F)cc3F)C2)nc2ccc(F)cc21. The van der Waals surface area contributed by atoms with Gasteiger partial charge in [-0.1, -0.05) is 6.07 Å². The second-order valence-electron chi connectivity index (χ2n) is 6.30. The number of aromatic nitrogens is 2. The summed E-state index contributed by atoms with van der Waals surface area (Å²) in [5.74, 6) is -0.602. The van der Waals surface area contributed by atoms with Crippen LogP contribution < -0.4 is 5.32 Å². The maximum atomic E-state index is 13.8. The molecular formula is C18H16F3N3. The number of nitrogens with one attached hydrogen (secondary N) is 1. The highest BCUT2D eigenvalue weighted by Gasteiger charge is 2.32. The van der Waals surface area contributed by atoms with Crippen LogP contribution in [0.25, 0.3) is 11.0 Å². The fourth-order valence-corrected chi connectivity index (χ4v) is 3.30. The lowest BCUT2D eigenvalue weighted by molar-refractivity contribution is 0.360. The highest BCUT2D eigenvalue weighted by atomic mass is 19.1. The van der Waals surface area contributed by atoms with E-state index in [1.165, 1.54) is 24.3 Å². The van der Waals surface area contributed by atoms with Gasteiger partial charge in [0.2, 0.25) is 5.95 Å². The second-order valence-corrected chi connectivity index (χ2v) is 6.30. The highest BCUT2D eigenvalue weighted by Crippen LogP contribution is 2.39. The van der Waals surface area contributed by atoms with Crippen LogP contribution >= 0.6 is 0 Å². The van der Waals surface area contributed by atoms with Crippen molar-refractivity contribution in [2.75, 3.05) is 5.32 Å². The molecule has 1 heterocycles. The molecule has 0 atom stereocenters. The molecule has 2 aromatic carbocycles. The molecule has 1 aliphatic rings. The summed E-state index contributed by atoms with van der Waals surface area (Å²) in [6, 6.07) is 8.38. The van der Waals surface area contributed by atoms with Gasteiger partial charge in [-0.15, -0.1) is 0 Å². The molecule has 0 aliphatic heterocycles. The third kappa shape index (κ3) is 2.52. The van der Waals surface area contributed by atoms with E-state index in [9.17, 15) is 13.2 Å². The van der Waals surface area contributed by atoms with E-state index in [1.807, 2.05) is 11.6 Å². The number of nitrogens with zero attached hydrogens (tertiary/aromatic N) is 2. The van der Waals surface area contributed by atoms with Gasteiger partial charge in [-0.3, -0.25) is 0 Å².